The van der Waals surface area contributed by atoms with Gasteiger partial charge in [0.2, 0.25) is 15.7 Å². The Morgan fingerprint density at radius 3 is 2.20 bits per heavy atom. The molecule has 0 aliphatic carbocycles. The van der Waals surface area contributed by atoms with Crippen LogP contribution in [0.3, 0.4) is 0 Å². The van der Waals surface area contributed by atoms with E-state index >= 15 is 0 Å². The van der Waals surface area contributed by atoms with Gasteiger partial charge in [-0.2, -0.15) is 8.78 Å². The number of carbonyl (C=O) groups is 1. The molecule has 2 aromatic rings. The van der Waals surface area contributed by atoms with Gasteiger partial charge in [-0.25, -0.2) is 8.42 Å². The van der Waals surface area contributed by atoms with Crippen LogP contribution in [0.2, 0.25) is 0 Å². The zero-order valence-corrected chi connectivity index (χ0v) is 14.2. The second-order valence-electron chi connectivity index (χ2n) is 5.23. The van der Waals surface area contributed by atoms with Crippen molar-refractivity contribution in [1.29, 1.82) is 0 Å². The van der Waals surface area contributed by atoms with Crippen molar-refractivity contribution in [2.45, 2.75) is 23.5 Å². The molecule has 0 heterocycles. The second-order valence-corrected chi connectivity index (χ2v) is 7.14. The molecule has 2 rings (SSSR count). The van der Waals surface area contributed by atoms with Crippen molar-refractivity contribution >= 4 is 21.4 Å². The van der Waals surface area contributed by atoms with E-state index in [1.54, 1.807) is 19.2 Å². The van der Waals surface area contributed by atoms with Crippen molar-refractivity contribution in [2.24, 2.45) is 0 Å². The van der Waals surface area contributed by atoms with Gasteiger partial charge in [0.15, 0.2) is 0 Å². The number of benzene rings is 2. The number of halogens is 2. The summed E-state index contributed by atoms with van der Waals surface area (Å²) in [6.07, 6.45) is 0.747. The molecule has 0 radical (unpaired) electrons. The van der Waals surface area contributed by atoms with Crippen molar-refractivity contribution in [3.8, 4) is 5.75 Å². The summed E-state index contributed by atoms with van der Waals surface area (Å²) in [5, 5.41) is 2.60. The van der Waals surface area contributed by atoms with E-state index in [-0.39, 0.29) is 12.3 Å². The molecule has 5 nitrogen and oxygen atoms in total. The molecule has 25 heavy (non-hydrogen) atoms. The fourth-order valence-electron chi connectivity index (χ4n) is 2.10. The van der Waals surface area contributed by atoms with Crippen LogP contribution in [0.5, 0.6) is 5.75 Å². The van der Waals surface area contributed by atoms with Crippen molar-refractivity contribution in [1.82, 2.24) is 0 Å². The maximum absolute atomic E-state index is 12.5. The van der Waals surface area contributed by atoms with Gasteiger partial charge in [-0.05, 0) is 48.4 Å². The van der Waals surface area contributed by atoms with Crippen LogP contribution in [0, 0.1) is 0 Å². The SMILES string of the molecule is COc1ccc(CCC(=O)Nc2ccc(S(=O)(=O)C(F)F)cc2)cc1. The first-order chi connectivity index (χ1) is 11.8. The number of sulfone groups is 1. The molecule has 0 fully saturated rings. The van der Waals surface area contributed by atoms with Crippen LogP contribution >= 0.6 is 0 Å². The normalized spacial score (nSPS) is 11.4. The third kappa shape index (κ3) is 4.99. The molecule has 0 saturated carbocycles. The summed E-state index contributed by atoms with van der Waals surface area (Å²) in [7, 11) is -3.06. The molecule has 1 amide bonds. The first-order valence-electron chi connectivity index (χ1n) is 7.38. The van der Waals surface area contributed by atoms with E-state index in [1.807, 2.05) is 12.1 Å². The van der Waals surface area contributed by atoms with Crippen molar-refractivity contribution in [3.63, 3.8) is 0 Å². The van der Waals surface area contributed by atoms with E-state index in [0.717, 1.165) is 23.4 Å². The number of hydrogen-bond donors (Lipinski definition) is 1. The molecule has 1 N–H and O–H groups in total. The smallest absolute Gasteiger partial charge is 0.341 e. The molecular weight excluding hydrogens is 352 g/mol. The minimum absolute atomic E-state index is 0.226. The Morgan fingerprint density at radius 2 is 1.68 bits per heavy atom. The lowest BCUT2D eigenvalue weighted by Crippen LogP contribution is -2.13. The molecule has 0 unspecified atom stereocenters. The van der Waals surface area contributed by atoms with Crippen molar-refractivity contribution in [2.75, 3.05) is 12.4 Å². The Hall–Kier alpha value is -2.48. The summed E-state index contributed by atoms with van der Waals surface area (Å²) in [6, 6.07) is 12.0. The van der Waals surface area contributed by atoms with Crippen LogP contribution in [0.1, 0.15) is 12.0 Å². The highest BCUT2D eigenvalue weighted by molar-refractivity contribution is 7.91. The first kappa shape index (κ1) is 18.9. The number of aryl methyl sites for hydroxylation is 1. The van der Waals surface area contributed by atoms with Gasteiger partial charge < -0.3 is 10.1 Å². The van der Waals surface area contributed by atoms with Gasteiger partial charge in [0.1, 0.15) is 5.75 Å². The molecule has 2 aromatic carbocycles. The minimum atomic E-state index is -4.63. The summed E-state index contributed by atoms with van der Waals surface area (Å²) < 4.78 is 52.6. The monoisotopic (exact) mass is 369 g/mol. The molecule has 0 atom stereocenters. The maximum atomic E-state index is 12.5. The maximum Gasteiger partial charge on any atom is 0.341 e. The standard InChI is InChI=1S/C17H17F2NO4S/c1-24-14-7-2-12(3-8-14)4-11-16(21)20-13-5-9-15(10-6-13)25(22,23)17(18)19/h2-3,5-10,17H,4,11H2,1H3,(H,20,21). The Bertz CT molecular complexity index is 819. The minimum Gasteiger partial charge on any atom is -0.497 e. The van der Waals surface area contributed by atoms with Gasteiger partial charge in [-0.3, -0.25) is 4.79 Å². The van der Waals surface area contributed by atoms with Crippen LogP contribution < -0.4 is 10.1 Å². The Labute approximate surface area is 144 Å². The third-order valence-electron chi connectivity index (χ3n) is 3.50. The summed E-state index contributed by atoms with van der Waals surface area (Å²) in [5.74, 6) is -3.01. The van der Waals surface area contributed by atoms with Crippen LogP contribution in [-0.2, 0) is 21.1 Å². The number of methoxy groups -OCH3 is 1. The summed E-state index contributed by atoms with van der Waals surface area (Å²) >= 11 is 0. The van der Waals surface area contributed by atoms with Crippen LogP contribution in [0.25, 0.3) is 0 Å². The molecule has 0 bridgehead atoms. The Balaban J connectivity index is 1.92. The van der Waals surface area contributed by atoms with E-state index < -0.39 is 20.5 Å². The van der Waals surface area contributed by atoms with E-state index in [4.69, 9.17) is 4.74 Å². The summed E-state index contributed by atoms with van der Waals surface area (Å²) in [6.45, 7) is 0. The molecule has 0 aromatic heterocycles. The number of ether oxygens (including phenoxy) is 1. The predicted molar refractivity (Wildman–Crippen MR) is 89.6 cm³/mol. The number of nitrogens with one attached hydrogen (secondary N) is 1. The topological polar surface area (TPSA) is 72.5 Å². The summed E-state index contributed by atoms with van der Waals surface area (Å²) in [5.41, 5.74) is 1.31. The Kier molecular flexibility index (Phi) is 6.08. The third-order valence-corrected chi connectivity index (χ3v) is 4.90. The van der Waals surface area contributed by atoms with Gasteiger partial charge in [-0.1, -0.05) is 12.1 Å². The molecule has 0 spiro atoms. The summed E-state index contributed by atoms with van der Waals surface area (Å²) in [4.78, 5) is 11.4. The number of anilines is 1. The molecule has 134 valence electrons. The van der Waals surface area contributed by atoms with Gasteiger partial charge in [0.25, 0.3) is 0 Å². The van der Waals surface area contributed by atoms with Gasteiger partial charge in [0, 0.05) is 12.1 Å². The average molecular weight is 369 g/mol. The largest absolute Gasteiger partial charge is 0.497 e. The van der Waals surface area contributed by atoms with Gasteiger partial charge >= 0.3 is 5.76 Å². The lowest BCUT2D eigenvalue weighted by molar-refractivity contribution is -0.116. The van der Waals surface area contributed by atoms with Crippen molar-refractivity contribution < 1.29 is 26.7 Å². The fraction of sp³-hybridized carbons (Fsp3) is 0.235. The highest BCUT2D eigenvalue weighted by Crippen LogP contribution is 2.20. The zero-order chi connectivity index (χ0) is 18.4. The Morgan fingerprint density at radius 1 is 1.08 bits per heavy atom. The highest BCUT2D eigenvalue weighted by atomic mass is 32.2. The van der Waals surface area contributed by atoms with Gasteiger partial charge in [-0.15, -0.1) is 0 Å². The van der Waals surface area contributed by atoms with Crippen molar-refractivity contribution in [3.05, 3.63) is 54.1 Å². The van der Waals surface area contributed by atoms with Crippen LogP contribution in [0.4, 0.5) is 14.5 Å². The van der Waals surface area contributed by atoms with E-state index in [0.29, 0.717) is 12.1 Å². The zero-order valence-electron chi connectivity index (χ0n) is 13.4. The van der Waals surface area contributed by atoms with Gasteiger partial charge in [0.05, 0.1) is 12.0 Å². The molecular formula is C17H17F2NO4S. The predicted octanol–water partition coefficient (Wildman–Crippen LogP) is 3.26. The lowest BCUT2D eigenvalue weighted by atomic mass is 10.1. The van der Waals surface area contributed by atoms with Crippen LogP contribution in [0.15, 0.2) is 53.4 Å². The van der Waals surface area contributed by atoms with E-state index in [2.05, 4.69) is 5.32 Å². The number of alkyl halides is 2. The second kappa shape index (κ2) is 8.06. The van der Waals surface area contributed by atoms with Crippen LogP contribution in [-0.4, -0.2) is 27.2 Å². The molecule has 0 saturated heterocycles. The van der Waals surface area contributed by atoms with E-state index in [9.17, 15) is 22.0 Å². The molecule has 0 aliphatic rings. The number of hydrogen-bond acceptors (Lipinski definition) is 4. The fourth-order valence-corrected chi connectivity index (χ4v) is 2.83. The highest BCUT2D eigenvalue weighted by Gasteiger charge is 2.26. The lowest BCUT2D eigenvalue weighted by Gasteiger charge is -2.07. The number of amides is 1. The van der Waals surface area contributed by atoms with E-state index in [1.165, 1.54) is 12.1 Å². The quantitative estimate of drug-likeness (QED) is 0.813. The first-order valence-corrected chi connectivity index (χ1v) is 8.92. The molecule has 8 heteroatoms. The number of rotatable bonds is 7. The molecule has 0 aliphatic heterocycles. The average Bonchev–Trinajstić information content (AvgIpc) is 2.60. The number of carbonyl (C=O) groups excluding carboxylic acids is 1.